The minimum absolute atomic E-state index is 0.575. The van der Waals surface area contributed by atoms with Gasteiger partial charge in [0.1, 0.15) is 5.82 Å². The number of aromatic nitrogens is 2. The zero-order chi connectivity index (χ0) is 9.26. The van der Waals surface area contributed by atoms with Gasteiger partial charge in [-0.15, -0.1) is 0 Å². The van der Waals surface area contributed by atoms with E-state index in [0.717, 1.165) is 13.0 Å². The fourth-order valence-corrected chi connectivity index (χ4v) is 1.96. The Balaban J connectivity index is 2.00. The highest BCUT2D eigenvalue weighted by Gasteiger charge is 2.18. The van der Waals surface area contributed by atoms with Crippen molar-refractivity contribution in [2.24, 2.45) is 0 Å². The van der Waals surface area contributed by atoms with Crippen LogP contribution in [0.3, 0.4) is 0 Å². The van der Waals surface area contributed by atoms with E-state index in [1.807, 2.05) is 6.20 Å². The fraction of sp³-hybridized carbons (Fsp3) is 0.700. The average molecular weight is 179 g/mol. The molecule has 2 heterocycles. The van der Waals surface area contributed by atoms with Gasteiger partial charge >= 0.3 is 0 Å². The molecule has 2 rings (SSSR count). The van der Waals surface area contributed by atoms with Crippen molar-refractivity contribution in [1.82, 2.24) is 14.9 Å². The summed E-state index contributed by atoms with van der Waals surface area (Å²) in [6, 6.07) is 1.20. The Morgan fingerprint density at radius 3 is 3.23 bits per heavy atom. The van der Waals surface area contributed by atoms with Crippen LogP contribution in [0.5, 0.6) is 0 Å². The molecule has 0 saturated carbocycles. The first kappa shape index (κ1) is 8.75. The van der Waals surface area contributed by atoms with E-state index in [-0.39, 0.29) is 0 Å². The molecule has 0 bridgehead atoms. The van der Waals surface area contributed by atoms with Gasteiger partial charge < -0.3 is 9.88 Å². The number of imidazole rings is 1. The van der Waals surface area contributed by atoms with E-state index < -0.39 is 0 Å². The van der Waals surface area contributed by atoms with E-state index in [9.17, 15) is 0 Å². The molecule has 1 aromatic rings. The van der Waals surface area contributed by atoms with Crippen LogP contribution in [0, 0.1) is 0 Å². The highest BCUT2D eigenvalue weighted by atomic mass is 15.1. The predicted octanol–water partition coefficient (Wildman–Crippen LogP) is 1.20. The van der Waals surface area contributed by atoms with E-state index in [1.165, 1.54) is 12.2 Å². The standard InChI is InChI=1S/C10H17N3/c1-8(2)12-9-3-5-13-6-4-11-10(13)7-9/h4,6,8-9,12H,3,5,7H2,1-2H3. The SMILES string of the molecule is CC(C)NC1CCn2ccnc2C1. The van der Waals surface area contributed by atoms with E-state index >= 15 is 0 Å². The van der Waals surface area contributed by atoms with Crippen molar-refractivity contribution in [3.8, 4) is 0 Å². The molecule has 1 aliphatic heterocycles. The molecule has 0 fully saturated rings. The first-order valence-electron chi connectivity index (χ1n) is 5.02. The Morgan fingerprint density at radius 2 is 2.46 bits per heavy atom. The van der Waals surface area contributed by atoms with Gasteiger partial charge in [0.05, 0.1) is 0 Å². The van der Waals surface area contributed by atoms with Gasteiger partial charge in [-0.05, 0) is 6.42 Å². The summed E-state index contributed by atoms with van der Waals surface area (Å²) in [4.78, 5) is 4.34. The van der Waals surface area contributed by atoms with Crippen molar-refractivity contribution in [2.75, 3.05) is 0 Å². The molecule has 3 heteroatoms. The Morgan fingerprint density at radius 1 is 1.62 bits per heavy atom. The van der Waals surface area contributed by atoms with Crippen molar-refractivity contribution < 1.29 is 0 Å². The third-order valence-electron chi connectivity index (χ3n) is 2.52. The molecule has 0 amide bonds. The molecule has 0 radical (unpaired) electrons. The Kier molecular flexibility index (Phi) is 2.36. The summed E-state index contributed by atoms with van der Waals surface area (Å²) in [5.74, 6) is 1.23. The summed E-state index contributed by atoms with van der Waals surface area (Å²) in [5.41, 5.74) is 0. The zero-order valence-corrected chi connectivity index (χ0v) is 8.33. The highest BCUT2D eigenvalue weighted by molar-refractivity contribution is 4.99. The van der Waals surface area contributed by atoms with Crippen molar-refractivity contribution in [2.45, 2.75) is 45.3 Å². The molecule has 0 saturated heterocycles. The molecule has 1 unspecified atom stereocenters. The van der Waals surface area contributed by atoms with Crippen LogP contribution in [0.1, 0.15) is 26.1 Å². The van der Waals surface area contributed by atoms with Gasteiger partial charge in [-0.25, -0.2) is 4.98 Å². The Labute approximate surface area is 79.2 Å². The van der Waals surface area contributed by atoms with Crippen LogP contribution in [0.25, 0.3) is 0 Å². The number of rotatable bonds is 2. The summed E-state index contributed by atoms with van der Waals surface area (Å²) < 4.78 is 2.25. The monoisotopic (exact) mass is 179 g/mol. The van der Waals surface area contributed by atoms with Crippen LogP contribution in [-0.2, 0) is 13.0 Å². The maximum Gasteiger partial charge on any atom is 0.110 e. The Bertz CT molecular complexity index is 277. The molecule has 1 aliphatic rings. The van der Waals surface area contributed by atoms with Crippen LogP contribution in [-0.4, -0.2) is 21.6 Å². The molecule has 0 spiro atoms. The molecule has 1 N–H and O–H groups in total. The molecule has 72 valence electrons. The third-order valence-corrected chi connectivity index (χ3v) is 2.52. The van der Waals surface area contributed by atoms with Gasteiger partial charge in [0.15, 0.2) is 0 Å². The second-order valence-corrected chi connectivity index (χ2v) is 4.05. The van der Waals surface area contributed by atoms with Gasteiger partial charge in [-0.2, -0.15) is 0 Å². The van der Waals surface area contributed by atoms with Crippen LogP contribution in [0.15, 0.2) is 12.4 Å². The van der Waals surface area contributed by atoms with Crippen LogP contribution in [0.4, 0.5) is 0 Å². The lowest BCUT2D eigenvalue weighted by Crippen LogP contribution is -2.40. The van der Waals surface area contributed by atoms with E-state index in [4.69, 9.17) is 0 Å². The van der Waals surface area contributed by atoms with Crippen molar-refractivity contribution in [3.63, 3.8) is 0 Å². The molecule has 3 nitrogen and oxygen atoms in total. The summed E-state index contributed by atoms with van der Waals surface area (Å²) >= 11 is 0. The summed E-state index contributed by atoms with van der Waals surface area (Å²) in [6.45, 7) is 5.50. The number of hydrogen-bond acceptors (Lipinski definition) is 2. The van der Waals surface area contributed by atoms with Gasteiger partial charge in [0.25, 0.3) is 0 Å². The molecule has 0 aliphatic carbocycles. The van der Waals surface area contributed by atoms with E-state index in [0.29, 0.717) is 12.1 Å². The maximum atomic E-state index is 4.34. The van der Waals surface area contributed by atoms with Gasteiger partial charge in [-0.1, -0.05) is 13.8 Å². The minimum Gasteiger partial charge on any atom is -0.335 e. The molecule has 1 aromatic heterocycles. The number of hydrogen-bond donors (Lipinski definition) is 1. The van der Waals surface area contributed by atoms with Crippen LogP contribution >= 0.6 is 0 Å². The van der Waals surface area contributed by atoms with Crippen LogP contribution in [0.2, 0.25) is 0 Å². The average Bonchev–Trinajstić information content (AvgIpc) is 2.49. The lowest BCUT2D eigenvalue weighted by Gasteiger charge is -2.26. The number of fused-ring (bicyclic) bond motifs is 1. The zero-order valence-electron chi connectivity index (χ0n) is 8.33. The fourth-order valence-electron chi connectivity index (χ4n) is 1.96. The first-order valence-corrected chi connectivity index (χ1v) is 5.02. The van der Waals surface area contributed by atoms with Gasteiger partial charge in [-0.3, -0.25) is 0 Å². The van der Waals surface area contributed by atoms with Crippen LogP contribution < -0.4 is 5.32 Å². The van der Waals surface area contributed by atoms with Crippen molar-refractivity contribution >= 4 is 0 Å². The molecule has 0 aromatic carbocycles. The molecular weight excluding hydrogens is 162 g/mol. The summed E-state index contributed by atoms with van der Waals surface area (Å²) in [7, 11) is 0. The molecular formula is C10H17N3. The van der Waals surface area contributed by atoms with E-state index in [1.54, 1.807) is 0 Å². The third kappa shape index (κ3) is 1.91. The Hall–Kier alpha value is -0.830. The van der Waals surface area contributed by atoms with Gasteiger partial charge in [0, 0.05) is 37.4 Å². The minimum atomic E-state index is 0.575. The lowest BCUT2D eigenvalue weighted by atomic mass is 10.1. The maximum absolute atomic E-state index is 4.34. The highest BCUT2D eigenvalue weighted by Crippen LogP contribution is 2.13. The quantitative estimate of drug-likeness (QED) is 0.739. The number of nitrogens with zero attached hydrogens (tertiary/aromatic N) is 2. The molecule has 13 heavy (non-hydrogen) atoms. The van der Waals surface area contributed by atoms with Crippen molar-refractivity contribution in [3.05, 3.63) is 18.2 Å². The second-order valence-electron chi connectivity index (χ2n) is 4.05. The number of aryl methyl sites for hydroxylation is 1. The van der Waals surface area contributed by atoms with E-state index in [2.05, 4.69) is 34.9 Å². The topological polar surface area (TPSA) is 29.9 Å². The first-order chi connectivity index (χ1) is 6.25. The van der Waals surface area contributed by atoms with Crippen molar-refractivity contribution in [1.29, 1.82) is 0 Å². The lowest BCUT2D eigenvalue weighted by molar-refractivity contribution is 0.370. The summed E-state index contributed by atoms with van der Waals surface area (Å²) in [5, 5.41) is 3.56. The smallest absolute Gasteiger partial charge is 0.110 e. The van der Waals surface area contributed by atoms with Gasteiger partial charge in [0.2, 0.25) is 0 Å². The summed E-state index contributed by atoms with van der Waals surface area (Å²) in [6.07, 6.45) is 6.26. The largest absolute Gasteiger partial charge is 0.335 e. The molecule has 1 atom stereocenters. The number of nitrogens with one attached hydrogen (secondary N) is 1. The second kappa shape index (κ2) is 3.50. The predicted molar refractivity (Wildman–Crippen MR) is 52.6 cm³/mol. The normalized spacial score (nSPS) is 21.9.